The standard InChI is InChI=1S/C24H50NO6P/c1-5-6-7-8-9-10-11-12-13-14-15-16-17-19-24(26)29-21-18-22-30-32(27,28)31-23-20-25(2,3)4/h5-23H2,1-4H3/p+1. The van der Waals surface area contributed by atoms with Crippen LogP contribution in [0.1, 0.15) is 103 Å². The van der Waals surface area contributed by atoms with E-state index in [1.54, 1.807) is 0 Å². The highest BCUT2D eigenvalue weighted by Crippen LogP contribution is 2.43. The number of hydrogen-bond acceptors (Lipinski definition) is 5. The van der Waals surface area contributed by atoms with Gasteiger partial charge in [-0.25, -0.2) is 4.57 Å². The summed E-state index contributed by atoms with van der Waals surface area (Å²) in [5.74, 6) is -0.209. The number of phosphoric ester groups is 1. The van der Waals surface area contributed by atoms with Crippen molar-refractivity contribution in [3.8, 4) is 0 Å². The van der Waals surface area contributed by atoms with Gasteiger partial charge in [-0.1, -0.05) is 84.0 Å². The second-order valence-corrected chi connectivity index (χ2v) is 11.2. The topological polar surface area (TPSA) is 82.1 Å². The molecule has 0 aromatic heterocycles. The highest BCUT2D eigenvalue weighted by atomic mass is 31.2. The van der Waals surface area contributed by atoms with E-state index in [-0.39, 0.29) is 25.8 Å². The lowest BCUT2D eigenvalue weighted by molar-refractivity contribution is -0.870. The molecule has 0 aromatic rings. The van der Waals surface area contributed by atoms with Crippen molar-refractivity contribution < 1.29 is 32.5 Å². The second-order valence-electron chi connectivity index (χ2n) is 9.72. The molecule has 0 fully saturated rings. The van der Waals surface area contributed by atoms with Gasteiger partial charge in [-0.05, 0) is 6.42 Å². The quantitative estimate of drug-likeness (QED) is 0.0807. The zero-order valence-electron chi connectivity index (χ0n) is 21.3. The summed E-state index contributed by atoms with van der Waals surface area (Å²) in [5, 5.41) is 0. The number of unbranched alkanes of at least 4 members (excludes halogenated alkanes) is 12. The Labute approximate surface area is 197 Å². The Bertz CT molecular complexity index is 495. The van der Waals surface area contributed by atoms with E-state index in [4.69, 9.17) is 13.8 Å². The van der Waals surface area contributed by atoms with Gasteiger partial charge in [-0.2, -0.15) is 0 Å². The maximum Gasteiger partial charge on any atom is 0.472 e. The van der Waals surface area contributed by atoms with E-state index in [1.807, 2.05) is 21.1 Å². The van der Waals surface area contributed by atoms with Gasteiger partial charge in [0.15, 0.2) is 0 Å². The van der Waals surface area contributed by atoms with Crippen LogP contribution in [-0.2, 0) is 23.1 Å². The maximum absolute atomic E-state index is 11.7. The van der Waals surface area contributed by atoms with Crippen molar-refractivity contribution in [1.82, 2.24) is 0 Å². The number of hydrogen-bond donors (Lipinski definition) is 1. The van der Waals surface area contributed by atoms with Gasteiger partial charge in [-0.15, -0.1) is 0 Å². The zero-order valence-corrected chi connectivity index (χ0v) is 22.2. The predicted octanol–water partition coefficient (Wildman–Crippen LogP) is 6.24. The Balaban J connectivity index is 3.42. The molecule has 32 heavy (non-hydrogen) atoms. The Kier molecular flexibility index (Phi) is 19.7. The molecule has 0 saturated heterocycles. The molecular formula is C24H51NO6P+. The minimum Gasteiger partial charge on any atom is -0.466 e. The summed E-state index contributed by atoms with van der Waals surface area (Å²) in [6, 6.07) is 0. The number of carbonyl (C=O) groups is 1. The molecule has 0 bridgehead atoms. The molecule has 1 N–H and O–H groups in total. The highest BCUT2D eigenvalue weighted by molar-refractivity contribution is 7.47. The van der Waals surface area contributed by atoms with Gasteiger partial charge >= 0.3 is 13.8 Å². The Hall–Kier alpha value is -0.460. The summed E-state index contributed by atoms with van der Waals surface area (Å²) in [7, 11) is 1.88. The summed E-state index contributed by atoms with van der Waals surface area (Å²) < 4.78 is 27.4. The van der Waals surface area contributed by atoms with E-state index >= 15 is 0 Å². The Morgan fingerprint density at radius 3 is 1.69 bits per heavy atom. The van der Waals surface area contributed by atoms with Gasteiger partial charge in [0.05, 0.1) is 34.4 Å². The number of rotatable bonds is 23. The smallest absolute Gasteiger partial charge is 0.466 e. The monoisotopic (exact) mass is 480 g/mol. The fraction of sp³-hybridized carbons (Fsp3) is 0.958. The third-order valence-electron chi connectivity index (χ3n) is 5.31. The molecule has 0 spiro atoms. The van der Waals surface area contributed by atoms with Crippen molar-refractivity contribution in [3.05, 3.63) is 0 Å². The lowest BCUT2D eigenvalue weighted by Crippen LogP contribution is -2.37. The van der Waals surface area contributed by atoms with Gasteiger partial charge in [0.2, 0.25) is 0 Å². The van der Waals surface area contributed by atoms with E-state index in [1.165, 1.54) is 70.6 Å². The molecule has 0 amide bonds. The Morgan fingerprint density at radius 2 is 1.19 bits per heavy atom. The largest absolute Gasteiger partial charge is 0.472 e. The molecule has 0 saturated carbocycles. The molecule has 0 heterocycles. The fourth-order valence-corrected chi connectivity index (χ4v) is 4.00. The molecule has 8 heteroatoms. The first-order chi connectivity index (χ1) is 15.2. The lowest BCUT2D eigenvalue weighted by atomic mass is 10.0. The van der Waals surface area contributed by atoms with Crippen LogP contribution in [-0.4, -0.2) is 62.9 Å². The number of likely N-dealkylation sites (N-methyl/N-ethyl adjacent to an activating group) is 1. The predicted molar refractivity (Wildman–Crippen MR) is 131 cm³/mol. The fourth-order valence-electron chi connectivity index (χ4n) is 3.25. The Morgan fingerprint density at radius 1 is 0.719 bits per heavy atom. The van der Waals surface area contributed by atoms with Crippen LogP contribution in [0, 0.1) is 0 Å². The first-order valence-corrected chi connectivity index (χ1v) is 14.2. The van der Waals surface area contributed by atoms with Crippen LogP contribution in [0.15, 0.2) is 0 Å². The lowest BCUT2D eigenvalue weighted by Gasteiger charge is -2.24. The van der Waals surface area contributed by atoms with Crippen LogP contribution < -0.4 is 0 Å². The van der Waals surface area contributed by atoms with Crippen LogP contribution in [0.3, 0.4) is 0 Å². The van der Waals surface area contributed by atoms with Crippen molar-refractivity contribution >= 4 is 13.8 Å². The molecule has 0 rings (SSSR count). The number of quaternary nitrogens is 1. The minimum atomic E-state index is -4.04. The summed E-state index contributed by atoms with van der Waals surface area (Å²) >= 11 is 0. The first kappa shape index (κ1) is 31.5. The van der Waals surface area contributed by atoms with E-state index < -0.39 is 7.82 Å². The minimum absolute atomic E-state index is 0.0180. The van der Waals surface area contributed by atoms with Crippen molar-refractivity contribution in [2.75, 3.05) is 47.5 Å². The van der Waals surface area contributed by atoms with Crippen molar-refractivity contribution in [2.24, 2.45) is 0 Å². The summed E-state index contributed by atoms with van der Waals surface area (Å²) in [5.41, 5.74) is 0. The zero-order chi connectivity index (χ0) is 24.1. The van der Waals surface area contributed by atoms with Crippen LogP contribution in [0.2, 0.25) is 0 Å². The van der Waals surface area contributed by atoms with Crippen LogP contribution in [0.5, 0.6) is 0 Å². The van der Waals surface area contributed by atoms with Gasteiger partial charge in [0, 0.05) is 12.8 Å². The van der Waals surface area contributed by atoms with E-state index in [0.29, 0.717) is 23.9 Å². The molecule has 1 atom stereocenters. The number of esters is 1. The molecule has 7 nitrogen and oxygen atoms in total. The number of phosphoric acid groups is 1. The first-order valence-electron chi connectivity index (χ1n) is 12.7. The SMILES string of the molecule is CCCCCCCCCCCCCCCC(=O)OCCCOP(=O)(O)OCC[N+](C)(C)C. The summed E-state index contributed by atoms with van der Waals surface area (Å²) in [6.45, 7) is 3.21. The maximum atomic E-state index is 11.7. The van der Waals surface area contributed by atoms with Crippen LogP contribution in [0.25, 0.3) is 0 Å². The third kappa shape index (κ3) is 24.2. The van der Waals surface area contributed by atoms with Crippen molar-refractivity contribution in [2.45, 2.75) is 103 Å². The van der Waals surface area contributed by atoms with E-state index in [0.717, 1.165) is 12.8 Å². The average Bonchev–Trinajstić information content (AvgIpc) is 2.70. The van der Waals surface area contributed by atoms with Gasteiger partial charge in [0.1, 0.15) is 13.2 Å². The average molecular weight is 481 g/mol. The van der Waals surface area contributed by atoms with Gasteiger partial charge in [0.25, 0.3) is 0 Å². The molecular weight excluding hydrogens is 429 g/mol. The molecule has 1 unspecified atom stereocenters. The molecule has 0 aliphatic rings. The van der Waals surface area contributed by atoms with Crippen molar-refractivity contribution in [1.29, 1.82) is 0 Å². The molecule has 192 valence electrons. The number of carbonyl (C=O) groups excluding carboxylic acids is 1. The molecule has 0 aliphatic carbocycles. The van der Waals surface area contributed by atoms with Crippen LogP contribution in [0.4, 0.5) is 0 Å². The molecule has 0 aliphatic heterocycles. The normalized spacial score (nSPS) is 13.8. The molecule has 0 aromatic carbocycles. The summed E-state index contributed by atoms with van der Waals surface area (Å²) in [4.78, 5) is 21.3. The van der Waals surface area contributed by atoms with Crippen LogP contribution >= 0.6 is 7.82 Å². The van der Waals surface area contributed by atoms with E-state index in [9.17, 15) is 14.3 Å². The number of nitrogens with zero attached hydrogens (tertiary/aromatic N) is 1. The van der Waals surface area contributed by atoms with Gasteiger partial charge in [-0.3, -0.25) is 13.8 Å². The highest BCUT2D eigenvalue weighted by Gasteiger charge is 2.22. The van der Waals surface area contributed by atoms with Gasteiger partial charge < -0.3 is 14.1 Å². The second kappa shape index (κ2) is 20.0. The van der Waals surface area contributed by atoms with E-state index in [2.05, 4.69) is 6.92 Å². The van der Waals surface area contributed by atoms with Crippen molar-refractivity contribution in [3.63, 3.8) is 0 Å². The molecule has 0 radical (unpaired) electrons. The third-order valence-corrected chi connectivity index (χ3v) is 6.32. The summed E-state index contributed by atoms with van der Waals surface area (Å²) in [6.07, 6.45) is 17.4. The number of ether oxygens (including phenoxy) is 1.